The molecule has 0 rings (SSSR count). The minimum Gasteiger partial charge on any atom is -0.294 e. The van der Waals surface area contributed by atoms with Gasteiger partial charge in [-0.2, -0.15) is 0 Å². The van der Waals surface area contributed by atoms with Crippen molar-refractivity contribution in [3.63, 3.8) is 0 Å². The van der Waals surface area contributed by atoms with Crippen LogP contribution in [0, 0.1) is 10.8 Å². The first-order valence-electron chi connectivity index (χ1n) is 4.99. The van der Waals surface area contributed by atoms with Crippen LogP contribution in [-0.2, 0) is 9.59 Å². The number of nitrogens with one attached hydrogen (secondary N) is 2. The van der Waals surface area contributed by atoms with Crippen molar-refractivity contribution in [3.8, 4) is 0 Å². The summed E-state index contributed by atoms with van der Waals surface area (Å²) in [4.78, 5) is 21.2. The lowest BCUT2D eigenvalue weighted by Gasteiger charge is -2.14. The topological polar surface area (TPSA) is 110 Å². The molecule has 0 fully saturated rings. The van der Waals surface area contributed by atoms with E-state index in [1.54, 1.807) is 41.5 Å². The van der Waals surface area contributed by atoms with Gasteiger partial charge in [-0.3, -0.25) is 20.4 Å². The number of carbonyl (C=O) groups is 2. The summed E-state index contributed by atoms with van der Waals surface area (Å²) in [5.41, 5.74) is 3.40. The highest BCUT2D eigenvalue weighted by Gasteiger charge is 2.19. The van der Waals surface area contributed by atoms with Gasteiger partial charge >= 0.3 is 0 Å². The summed E-state index contributed by atoms with van der Waals surface area (Å²) in [6.07, 6.45) is 0. The fourth-order valence-electron chi connectivity index (χ4n) is 0.433. The van der Waals surface area contributed by atoms with Crippen molar-refractivity contribution in [1.82, 2.24) is 10.9 Å². The SMILES string of the molecule is CC(C)(C)C(=O)NN.CC(C)(C)C(=O)NN. The summed E-state index contributed by atoms with van der Waals surface area (Å²) in [5.74, 6) is 9.43. The third kappa shape index (κ3) is 8.19. The van der Waals surface area contributed by atoms with E-state index in [0.717, 1.165) is 0 Å². The van der Waals surface area contributed by atoms with Crippen molar-refractivity contribution < 1.29 is 9.59 Å². The minimum absolute atomic E-state index is 0.141. The molecule has 0 aromatic rings. The zero-order valence-electron chi connectivity index (χ0n) is 11.0. The van der Waals surface area contributed by atoms with Gasteiger partial charge in [0.25, 0.3) is 0 Å². The third-order valence-electron chi connectivity index (χ3n) is 1.62. The van der Waals surface area contributed by atoms with Gasteiger partial charge in [-0.1, -0.05) is 41.5 Å². The fraction of sp³-hybridized carbons (Fsp3) is 0.800. The number of hydrogen-bond acceptors (Lipinski definition) is 4. The van der Waals surface area contributed by atoms with Crippen LogP contribution >= 0.6 is 0 Å². The first-order valence-corrected chi connectivity index (χ1v) is 4.99. The van der Waals surface area contributed by atoms with Gasteiger partial charge in [-0.25, -0.2) is 11.7 Å². The van der Waals surface area contributed by atoms with Gasteiger partial charge in [0.05, 0.1) is 0 Å². The van der Waals surface area contributed by atoms with Crippen LogP contribution in [-0.4, -0.2) is 11.8 Å². The number of hydrazine groups is 2. The van der Waals surface area contributed by atoms with E-state index in [2.05, 4.69) is 10.9 Å². The van der Waals surface area contributed by atoms with E-state index in [4.69, 9.17) is 11.7 Å². The van der Waals surface area contributed by atoms with E-state index in [1.165, 1.54) is 0 Å². The number of carbonyl (C=O) groups excluding carboxylic acids is 2. The van der Waals surface area contributed by atoms with Crippen molar-refractivity contribution in [2.45, 2.75) is 41.5 Å². The number of amides is 2. The second-order valence-electron chi connectivity index (χ2n) is 5.45. The monoisotopic (exact) mass is 232 g/mol. The maximum Gasteiger partial charge on any atom is 0.239 e. The van der Waals surface area contributed by atoms with Crippen molar-refractivity contribution in [2.24, 2.45) is 22.5 Å². The van der Waals surface area contributed by atoms with Gasteiger partial charge in [0.2, 0.25) is 11.8 Å². The summed E-state index contributed by atoms with van der Waals surface area (Å²) >= 11 is 0. The normalized spacial score (nSPS) is 11.0. The van der Waals surface area contributed by atoms with E-state index in [1.807, 2.05) is 0 Å². The van der Waals surface area contributed by atoms with Crippen LogP contribution in [0.3, 0.4) is 0 Å². The first kappa shape index (κ1) is 17.3. The van der Waals surface area contributed by atoms with Gasteiger partial charge in [0, 0.05) is 10.8 Å². The standard InChI is InChI=1S/2C5H12N2O/c2*1-5(2,3)4(8)7-6/h2*6H2,1-3H3,(H,7,8). The van der Waals surface area contributed by atoms with Gasteiger partial charge in [0.1, 0.15) is 0 Å². The highest BCUT2D eigenvalue weighted by molar-refractivity contribution is 5.80. The van der Waals surface area contributed by atoms with E-state index in [0.29, 0.717) is 0 Å². The number of rotatable bonds is 0. The second kappa shape index (κ2) is 6.44. The summed E-state index contributed by atoms with van der Waals surface area (Å²) < 4.78 is 0. The highest BCUT2D eigenvalue weighted by atomic mass is 16.2. The van der Waals surface area contributed by atoms with Crippen LogP contribution in [0.2, 0.25) is 0 Å². The Balaban J connectivity index is 0. The maximum atomic E-state index is 10.6. The average molecular weight is 232 g/mol. The zero-order valence-corrected chi connectivity index (χ0v) is 11.0. The Morgan fingerprint density at radius 1 is 0.750 bits per heavy atom. The molecular weight excluding hydrogens is 208 g/mol. The van der Waals surface area contributed by atoms with Crippen LogP contribution < -0.4 is 22.5 Å². The van der Waals surface area contributed by atoms with Crippen LogP contribution in [0.25, 0.3) is 0 Å². The molecule has 2 amide bonds. The molecule has 0 aromatic heterocycles. The number of hydrogen-bond donors (Lipinski definition) is 4. The quantitative estimate of drug-likeness (QED) is 0.268. The molecule has 16 heavy (non-hydrogen) atoms. The van der Waals surface area contributed by atoms with Crippen LogP contribution in [0.5, 0.6) is 0 Å². The Hall–Kier alpha value is -1.14. The van der Waals surface area contributed by atoms with Crippen LogP contribution in [0.15, 0.2) is 0 Å². The zero-order chi connectivity index (χ0) is 13.6. The molecule has 6 nitrogen and oxygen atoms in total. The summed E-state index contributed by atoms with van der Waals surface area (Å²) in [5, 5.41) is 0. The molecule has 0 radical (unpaired) electrons. The molecule has 96 valence electrons. The predicted molar refractivity (Wildman–Crippen MR) is 63.6 cm³/mol. The first-order chi connectivity index (χ1) is 6.96. The van der Waals surface area contributed by atoms with Gasteiger partial charge in [-0.15, -0.1) is 0 Å². The summed E-state index contributed by atoms with van der Waals surface area (Å²) in [7, 11) is 0. The highest BCUT2D eigenvalue weighted by Crippen LogP contribution is 2.11. The largest absolute Gasteiger partial charge is 0.294 e. The van der Waals surface area contributed by atoms with Crippen LogP contribution in [0.4, 0.5) is 0 Å². The Labute approximate surface area is 97.1 Å². The van der Waals surface area contributed by atoms with Crippen molar-refractivity contribution in [2.75, 3.05) is 0 Å². The predicted octanol–water partition coefficient (Wildman–Crippen LogP) is 0.0448. The Kier molecular flexibility index (Phi) is 6.95. The summed E-state index contributed by atoms with van der Waals surface area (Å²) in [6.45, 7) is 10.8. The van der Waals surface area contributed by atoms with Crippen LogP contribution in [0.1, 0.15) is 41.5 Å². The molecule has 0 aliphatic carbocycles. The molecule has 6 heteroatoms. The fourth-order valence-corrected chi connectivity index (χ4v) is 0.433. The molecule has 0 aliphatic rings. The molecule has 0 saturated heterocycles. The Morgan fingerprint density at radius 2 is 0.938 bits per heavy atom. The maximum absolute atomic E-state index is 10.6. The lowest BCUT2D eigenvalue weighted by Crippen LogP contribution is -2.39. The molecule has 0 bridgehead atoms. The molecule has 0 saturated carbocycles. The molecule has 0 aliphatic heterocycles. The lowest BCUT2D eigenvalue weighted by atomic mass is 9.96. The van der Waals surface area contributed by atoms with E-state index < -0.39 is 0 Å². The van der Waals surface area contributed by atoms with Crippen molar-refractivity contribution in [3.05, 3.63) is 0 Å². The molecule has 0 heterocycles. The van der Waals surface area contributed by atoms with Crippen molar-refractivity contribution >= 4 is 11.8 Å². The molecule has 6 N–H and O–H groups in total. The van der Waals surface area contributed by atoms with E-state index >= 15 is 0 Å². The minimum atomic E-state index is -0.366. The van der Waals surface area contributed by atoms with E-state index in [9.17, 15) is 9.59 Å². The van der Waals surface area contributed by atoms with Gasteiger partial charge in [0.15, 0.2) is 0 Å². The Bertz CT molecular complexity index is 212. The van der Waals surface area contributed by atoms with Crippen molar-refractivity contribution in [1.29, 1.82) is 0 Å². The summed E-state index contributed by atoms with van der Waals surface area (Å²) in [6, 6.07) is 0. The third-order valence-corrected chi connectivity index (χ3v) is 1.62. The second-order valence-corrected chi connectivity index (χ2v) is 5.45. The lowest BCUT2D eigenvalue weighted by molar-refractivity contribution is -0.129. The Morgan fingerprint density at radius 3 is 0.938 bits per heavy atom. The van der Waals surface area contributed by atoms with Gasteiger partial charge in [-0.05, 0) is 0 Å². The molecule has 0 unspecified atom stereocenters. The molecule has 0 atom stereocenters. The average Bonchev–Trinajstić information content (AvgIpc) is 2.13. The molecule has 0 spiro atoms. The van der Waals surface area contributed by atoms with Gasteiger partial charge < -0.3 is 0 Å². The number of nitrogens with two attached hydrogens (primary N) is 2. The molecule has 0 aromatic carbocycles. The van der Waals surface area contributed by atoms with E-state index in [-0.39, 0.29) is 22.6 Å². The molecular formula is C10H24N4O2. The smallest absolute Gasteiger partial charge is 0.239 e.